The van der Waals surface area contributed by atoms with Gasteiger partial charge < -0.3 is 26.0 Å². The lowest BCUT2D eigenvalue weighted by Crippen LogP contribution is -2.47. The molecule has 3 fully saturated rings. The van der Waals surface area contributed by atoms with Crippen LogP contribution in [0.3, 0.4) is 0 Å². The van der Waals surface area contributed by atoms with Crippen molar-refractivity contribution < 1.29 is 9.90 Å². The Balaban J connectivity index is 1.09. The molecule has 0 spiro atoms. The Labute approximate surface area is 208 Å². The number of piperazine rings is 1. The Bertz CT molecular complexity index is 953. The third-order valence-corrected chi connectivity index (χ3v) is 7.52. The van der Waals surface area contributed by atoms with Crippen LogP contribution in [0.1, 0.15) is 30.7 Å². The Hall–Kier alpha value is -2.65. The van der Waals surface area contributed by atoms with Crippen LogP contribution < -0.4 is 26.2 Å². The molecule has 8 nitrogen and oxygen atoms in total. The number of β-amino-alcohol motifs (C(OH)–C–C–N with tert-alkyl or cyclic N) is 1. The minimum atomic E-state index is -0.0586. The Kier molecular flexibility index (Phi) is 7.83. The maximum atomic E-state index is 12.3. The van der Waals surface area contributed by atoms with E-state index in [1.54, 1.807) is 0 Å². The number of nitrogens with one attached hydrogen (secondary N) is 4. The lowest BCUT2D eigenvalue weighted by molar-refractivity contribution is -0.117. The standard InChI is InChI=1S/C27H38N6O2/c34-17-16-32-12-14-33(15-13-32)24-9-7-22(8-10-24)30-26-18-21(19-29-26)20-3-5-23(6-4-20)31-27(35)25-2-1-11-28-25/h3-10,21,25-26,28-30,34H,1-2,11-19H2,(H,31,35)/t21?,25-,26?/m1/s1. The van der Waals surface area contributed by atoms with Crippen molar-refractivity contribution in [3.63, 3.8) is 0 Å². The molecule has 1 amide bonds. The highest BCUT2D eigenvalue weighted by molar-refractivity contribution is 5.95. The zero-order chi connectivity index (χ0) is 24.0. The first-order valence-electron chi connectivity index (χ1n) is 13.0. The molecule has 0 radical (unpaired) electrons. The summed E-state index contributed by atoms with van der Waals surface area (Å²) in [5.41, 5.74) is 4.55. The van der Waals surface area contributed by atoms with Crippen LogP contribution >= 0.6 is 0 Å². The van der Waals surface area contributed by atoms with E-state index in [1.165, 1.54) is 11.3 Å². The number of carbonyl (C=O) groups is 1. The number of amides is 1. The average Bonchev–Trinajstić information content (AvgIpc) is 3.59. The number of hydrogen-bond acceptors (Lipinski definition) is 7. The Morgan fingerprint density at radius 1 is 0.971 bits per heavy atom. The molecule has 188 valence electrons. The van der Waals surface area contributed by atoms with Gasteiger partial charge in [0.05, 0.1) is 18.8 Å². The number of carbonyl (C=O) groups excluding carboxylic acids is 1. The van der Waals surface area contributed by atoms with Gasteiger partial charge in [-0.2, -0.15) is 0 Å². The largest absolute Gasteiger partial charge is 0.395 e. The fourth-order valence-corrected chi connectivity index (χ4v) is 5.42. The summed E-state index contributed by atoms with van der Waals surface area (Å²) >= 11 is 0. The quantitative estimate of drug-likeness (QED) is 0.396. The molecule has 3 heterocycles. The zero-order valence-corrected chi connectivity index (χ0v) is 20.4. The van der Waals surface area contributed by atoms with Gasteiger partial charge in [0.15, 0.2) is 0 Å². The highest BCUT2D eigenvalue weighted by Crippen LogP contribution is 2.28. The second kappa shape index (κ2) is 11.4. The molecular weight excluding hydrogens is 440 g/mol. The number of anilines is 3. The zero-order valence-electron chi connectivity index (χ0n) is 20.4. The van der Waals surface area contributed by atoms with E-state index in [0.717, 1.165) is 76.5 Å². The predicted molar refractivity (Wildman–Crippen MR) is 141 cm³/mol. The Morgan fingerprint density at radius 2 is 1.71 bits per heavy atom. The van der Waals surface area contributed by atoms with Gasteiger partial charge in [0.2, 0.25) is 5.91 Å². The number of aliphatic hydroxyl groups excluding tert-OH is 1. The minimum Gasteiger partial charge on any atom is -0.395 e. The molecule has 2 unspecified atom stereocenters. The maximum Gasteiger partial charge on any atom is 0.241 e. The van der Waals surface area contributed by atoms with Crippen molar-refractivity contribution in [2.45, 2.75) is 37.4 Å². The third-order valence-electron chi connectivity index (χ3n) is 7.52. The minimum absolute atomic E-state index is 0.0586. The van der Waals surface area contributed by atoms with Gasteiger partial charge in [0.25, 0.3) is 0 Å². The molecule has 2 aromatic rings. The van der Waals surface area contributed by atoms with Crippen LogP contribution in [0, 0.1) is 0 Å². The summed E-state index contributed by atoms with van der Waals surface area (Å²) in [6.45, 7) is 6.86. The van der Waals surface area contributed by atoms with E-state index in [9.17, 15) is 4.79 Å². The van der Waals surface area contributed by atoms with Crippen LogP contribution in [0.25, 0.3) is 0 Å². The van der Waals surface area contributed by atoms with Crippen molar-refractivity contribution in [2.75, 3.05) is 68.0 Å². The van der Waals surface area contributed by atoms with Gasteiger partial charge >= 0.3 is 0 Å². The SMILES string of the molecule is O=C(Nc1ccc(C2CNC(Nc3ccc(N4CCN(CCO)CC4)cc3)C2)cc1)[C@H]1CCCN1. The molecule has 8 heteroatoms. The lowest BCUT2D eigenvalue weighted by atomic mass is 9.97. The molecule has 2 aromatic carbocycles. The Morgan fingerprint density at radius 3 is 2.40 bits per heavy atom. The summed E-state index contributed by atoms with van der Waals surface area (Å²) in [7, 11) is 0. The van der Waals surface area contributed by atoms with E-state index >= 15 is 0 Å². The van der Waals surface area contributed by atoms with Gasteiger partial charge in [0.1, 0.15) is 0 Å². The molecular formula is C27H38N6O2. The monoisotopic (exact) mass is 478 g/mol. The molecule has 3 aliphatic rings. The number of benzene rings is 2. The fraction of sp³-hybridized carbons (Fsp3) is 0.519. The first kappa shape index (κ1) is 24.1. The van der Waals surface area contributed by atoms with E-state index in [2.05, 4.69) is 67.5 Å². The summed E-state index contributed by atoms with van der Waals surface area (Å²) in [4.78, 5) is 17.0. The van der Waals surface area contributed by atoms with Gasteiger partial charge in [-0.05, 0) is 73.7 Å². The van der Waals surface area contributed by atoms with Gasteiger partial charge in [-0.15, -0.1) is 0 Å². The summed E-state index contributed by atoms with van der Waals surface area (Å²) in [5.74, 6) is 0.514. The number of nitrogens with zero attached hydrogens (tertiary/aromatic N) is 2. The number of aliphatic hydroxyl groups is 1. The normalized spacial score (nSPS) is 25.1. The van der Waals surface area contributed by atoms with Gasteiger partial charge in [-0.1, -0.05) is 12.1 Å². The predicted octanol–water partition coefficient (Wildman–Crippen LogP) is 2.01. The van der Waals surface area contributed by atoms with E-state index < -0.39 is 0 Å². The summed E-state index contributed by atoms with van der Waals surface area (Å²) in [6, 6.07) is 17.0. The molecule has 5 rings (SSSR count). The summed E-state index contributed by atoms with van der Waals surface area (Å²) < 4.78 is 0. The highest BCUT2D eigenvalue weighted by atomic mass is 16.3. The first-order chi connectivity index (χ1) is 17.2. The van der Waals surface area contributed by atoms with Crippen molar-refractivity contribution in [3.05, 3.63) is 54.1 Å². The van der Waals surface area contributed by atoms with E-state index in [1.807, 2.05) is 12.1 Å². The van der Waals surface area contributed by atoms with E-state index in [-0.39, 0.29) is 24.7 Å². The molecule has 0 saturated carbocycles. The molecule has 0 aromatic heterocycles. The van der Waals surface area contributed by atoms with Gasteiger partial charge in [-0.3, -0.25) is 15.0 Å². The van der Waals surface area contributed by atoms with E-state index in [0.29, 0.717) is 5.92 Å². The molecule has 35 heavy (non-hydrogen) atoms. The van der Waals surface area contributed by atoms with Crippen LogP contribution in [0.5, 0.6) is 0 Å². The van der Waals surface area contributed by atoms with Crippen LogP contribution in [0.15, 0.2) is 48.5 Å². The molecule has 0 bridgehead atoms. The molecule has 3 saturated heterocycles. The van der Waals surface area contributed by atoms with Crippen molar-refractivity contribution in [3.8, 4) is 0 Å². The van der Waals surface area contributed by atoms with Crippen LogP contribution in [0.2, 0.25) is 0 Å². The third kappa shape index (κ3) is 6.13. The number of rotatable bonds is 8. The van der Waals surface area contributed by atoms with Crippen LogP contribution in [-0.2, 0) is 4.79 Å². The van der Waals surface area contributed by atoms with Crippen molar-refractivity contribution in [1.82, 2.24) is 15.5 Å². The molecule has 3 atom stereocenters. The average molecular weight is 479 g/mol. The van der Waals surface area contributed by atoms with E-state index in [4.69, 9.17) is 5.11 Å². The van der Waals surface area contributed by atoms with Crippen molar-refractivity contribution in [2.24, 2.45) is 0 Å². The second-order valence-electron chi connectivity index (χ2n) is 9.90. The van der Waals surface area contributed by atoms with Crippen molar-refractivity contribution in [1.29, 1.82) is 0 Å². The van der Waals surface area contributed by atoms with Crippen LogP contribution in [0.4, 0.5) is 17.1 Å². The van der Waals surface area contributed by atoms with Crippen LogP contribution in [-0.4, -0.2) is 80.5 Å². The highest BCUT2D eigenvalue weighted by Gasteiger charge is 2.26. The molecule has 0 aliphatic carbocycles. The summed E-state index contributed by atoms with van der Waals surface area (Å²) in [5, 5.41) is 22.6. The lowest BCUT2D eigenvalue weighted by Gasteiger charge is -2.35. The second-order valence-corrected chi connectivity index (χ2v) is 9.90. The van der Waals surface area contributed by atoms with Crippen molar-refractivity contribution >= 4 is 23.0 Å². The van der Waals surface area contributed by atoms with Gasteiger partial charge in [-0.25, -0.2) is 0 Å². The number of hydrogen-bond donors (Lipinski definition) is 5. The molecule has 3 aliphatic heterocycles. The topological polar surface area (TPSA) is 91.9 Å². The fourth-order valence-electron chi connectivity index (χ4n) is 5.42. The molecule has 5 N–H and O–H groups in total. The van der Waals surface area contributed by atoms with Gasteiger partial charge in [0, 0.05) is 56.3 Å². The summed E-state index contributed by atoms with van der Waals surface area (Å²) in [6.07, 6.45) is 3.23. The first-order valence-corrected chi connectivity index (χ1v) is 13.0. The smallest absolute Gasteiger partial charge is 0.241 e. The maximum absolute atomic E-state index is 12.3.